The highest BCUT2D eigenvalue weighted by Crippen LogP contribution is 2.25. The Bertz CT molecular complexity index is 907. The highest BCUT2D eigenvalue weighted by atomic mass is 16.5. The minimum Gasteiger partial charge on any atom is -0.379 e. The van der Waals surface area contributed by atoms with Crippen LogP contribution in [0, 0.1) is 11.8 Å². The standard InChI is InChI=1S/C23H32N4O3/c1-5-15(3)7-8-19(28)18-13-25-23-22(18)26-17(12-24-23)11-16-9-10-27(21(29)6-2)14-20(16)30-4/h6,12-13,15-16,20H,2,5,7-11,14H2,1,3-4H3,(H,24,25)/t15?,16-,20-/m0/s1. The number of piperidine rings is 1. The van der Waals surface area contributed by atoms with Gasteiger partial charge in [0.1, 0.15) is 5.52 Å². The van der Waals surface area contributed by atoms with Crippen LogP contribution in [-0.2, 0) is 16.0 Å². The van der Waals surface area contributed by atoms with E-state index < -0.39 is 0 Å². The van der Waals surface area contributed by atoms with Gasteiger partial charge in [-0.1, -0.05) is 26.8 Å². The molecule has 1 fully saturated rings. The summed E-state index contributed by atoms with van der Waals surface area (Å²) < 4.78 is 5.66. The van der Waals surface area contributed by atoms with E-state index in [0.29, 0.717) is 48.6 Å². The van der Waals surface area contributed by atoms with Crippen LogP contribution in [0.4, 0.5) is 0 Å². The molecule has 3 rings (SSSR count). The fraction of sp³-hybridized carbons (Fsp3) is 0.565. The molecule has 2 aromatic rings. The van der Waals surface area contributed by atoms with Gasteiger partial charge in [0.15, 0.2) is 11.4 Å². The molecule has 0 saturated carbocycles. The number of carbonyl (C=O) groups excluding carboxylic acids is 2. The first-order valence-electron chi connectivity index (χ1n) is 10.8. The number of hydrogen-bond acceptors (Lipinski definition) is 5. The number of amides is 1. The van der Waals surface area contributed by atoms with Crippen molar-refractivity contribution in [3.63, 3.8) is 0 Å². The van der Waals surface area contributed by atoms with Crippen molar-refractivity contribution in [2.45, 2.75) is 52.1 Å². The Balaban J connectivity index is 1.73. The fourth-order valence-corrected chi connectivity index (χ4v) is 4.02. The number of rotatable bonds is 9. The van der Waals surface area contributed by atoms with Crippen LogP contribution in [0.15, 0.2) is 25.0 Å². The van der Waals surface area contributed by atoms with Crippen LogP contribution in [0.5, 0.6) is 0 Å². The van der Waals surface area contributed by atoms with Crippen LogP contribution >= 0.6 is 0 Å². The van der Waals surface area contributed by atoms with Crippen LogP contribution in [0.1, 0.15) is 55.6 Å². The van der Waals surface area contributed by atoms with Crippen molar-refractivity contribution < 1.29 is 14.3 Å². The lowest BCUT2D eigenvalue weighted by Gasteiger charge is -2.37. The first kappa shape index (κ1) is 22.2. The molecule has 0 bridgehead atoms. The number of ketones is 1. The minimum absolute atomic E-state index is 0.0652. The number of aromatic amines is 1. The molecule has 0 aliphatic carbocycles. The Kier molecular flexibility index (Phi) is 7.37. The third kappa shape index (κ3) is 4.95. The highest BCUT2D eigenvalue weighted by Gasteiger charge is 2.31. The zero-order valence-corrected chi connectivity index (χ0v) is 18.2. The summed E-state index contributed by atoms with van der Waals surface area (Å²) >= 11 is 0. The number of aromatic nitrogens is 3. The summed E-state index contributed by atoms with van der Waals surface area (Å²) in [5.74, 6) is 0.813. The number of methoxy groups -OCH3 is 1. The lowest BCUT2D eigenvalue weighted by Crippen LogP contribution is -2.47. The number of ether oxygens (including phenoxy) is 1. The second-order valence-corrected chi connectivity index (χ2v) is 8.25. The van der Waals surface area contributed by atoms with Crippen LogP contribution in [0.2, 0.25) is 0 Å². The summed E-state index contributed by atoms with van der Waals surface area (Å²) in [6.07, 6.45) is 8.77. The molecular weight excluding hydrogens is 380 g/mol. The van der Waals surface area contributed by atoms with Crippen molar-refractivity contribution in [2.24, 2.45) is 11.8 Å². The van der Waals surface area contributed by atoms with Gasteiger partial charge in [0.2, 0.25) is 5.91 Å². The second kappa shape index (κ2) is 9.98. The van der Waals surface area contributed by atoms with Gasteiger partial charge in [-0.25, -0.2) is 9.97 Å². The van der Waals surface area contributed by atoms with Crippen molar-refractivity contribution in [3.8, 4) is 0 Å². The van der Waals surface area contributed by atoms with Crippen LogP contribution in [0.3, 0.4) is 0 Å². The van der Waals surface area contributed by atoms with Gasteiger partial charge in [0.05, 0.1) is 23.6 Å². The van der Waals surface area contributed by atoms with E-state index in [9.17, 15) is 9.59 Å². The molecule has 1 aliphatic heterocycles. The van der Waals surface area contributed by atoms with Crippen molar-refractivity contribution >= 4 is 22.9 Å². The number of likely N-dealkylation sites (tertiary alicyclic amines) is 1. The summed E-state index contributed by atoms with van der Waals surface area (Å²) in [5, 5.41) is 0. The molecule has 7 nitrogen and oxygen atoms in total. The third-order valence-electron chi connectivity index (χ3n) is 6.25. The molecule has 2 aromatic heterocycles. The number of Topliss-reactive ketones (excluding diaryl/α,β-unsaturated/α-hetero) is 1. The van der Waals surface area contributed by atoms with Crippen LogP contribution in [0.25, 0.3) is 11.2 Å². The normalized spacial score (nSPS) is 20.3. The maximum absolute atomic E-state index is 12.7. The third-order valence-corrected chi connectivity index (χ3v) is 6.25. The average molecular weight is 413 g/mol. The molecule has 162 valence electrons. The number of H-pyrrole nitrogens is 1. The minimum atomic E-state index is -0.0667. The van der Waals surface area contributed by atoms with Crippen molar-refractivity contribution in [1.29, 1.82) is 0 Å². The molecule has 0 aromatic carbocycles. The fourth-order valence-electron chi connectivity index (χ4n) is 4.02. The average Bonchev–Trinajstić information content (AvgIpc) is 3.20. The molecule has 3 atom stereocenters. The molecule has 1 amide bonds. The smallest absolute Gasteiger partial charge is 0.246 e. The van der Waals surface area contributed by atoms with E-state index in [2.05, 4.69) is 30.4 Å². The summed E-state index contributed by atoms with van der Waals surface area (Å²) in [6, 6.07) is 0. The maximum Gasteiger partial charge on any atom is 0.246 e. The summed E-state index contributed by atoms with van der Waals surface area (Å²) in [4.78, 5) is 38.7. The van der Waals surface area contributed by atoms with E-state index in [-0.39, 0.29) is 23.7 Å². The van der Waals surface area contributed by atoms with E-state index in [1.54, 1.807) is 24.4 Å². The monoisotopic (exact) mass is 412 g/mol. The van der Waals surface area contributed by atoms with Gasteiger partial charge in [-0.2, -0.15) is 0 Å². The van der Waals surface area contributed by atoms with Gasteiger partial charge in [-0.3, -0.25) is 9.59 Å². The van der Waals surface area contributed by atoms with Gasteiger partial charge in [0.25, 0.3) is 0 Å². The first-order chi connectivity index (χ1) is 14.5. The Morgan fingerprint density at radius 3 is 2.97 bits per heavy atom. The topological polar surface area (TPSA) is 88.2 Å². The lowest BCUT2D eigenvalue weighted by molar-refractivity contribution is -0.131. The SMILES string of the molecule is C=CC(=O)N1CC[C@@H](Cc2cnc3[nH]cc(C(=O)CCC(C)CC)c3n2)[C@@H](OC)C1. The molecule has 1 aliphatic rings. The number of carbonyl (C=O) groups is 2. The van der Waals surface area contributed by atoms with E-state index in [1.807, 2.05) is 0 Å². The quantitative estimate of drug-likeness (QED) is 0.503. The molecule has 30 heavy (non-hydrogen) atoms. The predicted molar refractivity (Wildman–Crippen MR) is 116 cm³/mol. The summed E-state index contributed by atoms with van der Waals surface area (Å²) in [6.45, 7) is 9.10. The summed E-state index contributed by atoms with van der Waals surface area (Å²) in [5.41, 5.74) is 2.75. The van der Waals surface area contributed by atoms with Crippen molar-refractivity contribution in [2.75, 3.05) is 20.2 Å². The number of nitrogens with one attached hydrogen (secondary N) is 1. The number of hydrogen-bond donors (Lipinski definition) is 1. The van der Waals surface area contributed by atoms with E-state index in [0.717, 1.165) is 25.0 Å². The lowest BCUT2D eigenvalue weighted by atomic mass is 9.89. The molecule has 1 unspecified atom stereocenters. The van der Waals surface area contributed by atoms with Gasteiger partial charge >= 0.3 is 0 Å². The highest BCUT2D eigenvalue weighted by molar-refractivity contribution is 6.05. The number of fused-ring (bicyclic) bond motifs is 1. The molecule has 7 heteroatoms. The van der Waals surface area contributed by atoms with Crippen molar-refractivity contribution in [1.82, 2.24) is 19.9 Å². The van der Waals surface area contributed by atoms with E-state index in [1.165, 1.54) is 6.08 Å². The molecule has 1 saturated heterocycles. The van der Waals surface area contributed by atoms with Crippen LogP contribution < -0.4 is 0 Å². The predicted octanol–water partition coefficient (Wildman–Crippen LogP) is 3.56. The summed E-state index contributed by atoms with van der Waals surface area (Å²) in [7, 11) is 1.68. The zero-order chi connectivity index (χ0) is 21.7. The Morgan fingerprint density at radius 2 is 2.27 bits per heavy atom. The largest absolute Gasteiger partial charge is 0.379 e. The van der Waals surface area contributed by atoms with Gasteiger partial charge in [-0.15, -0.1) is 0 Å². The maximum atomic E-state index is 12.7. The molecule has 0 radical (unpaired) electrons. The van der Waals surface area contributed by atoms with Gasteiger partial charge in [-0.05, 0) is 37.2 Å². The van der Waals surface area contributed by atoms with E-state index >= 15 is 0 Å². The Labute approximate surface area is 177 Å². The molecule has 0 spiro atoms. The Morgan fingerprint density at radius 1 is 1.47 bits per heavy atom. The molecule has 1 N–H and O–H groups in total. The first-order valence-corrected chi connectivity index (χ1v) is 10.8. The van der Waals surface area contributed by atoms with Crippen molar-refractivity contribution in [3.05, 3.63) is 36.3 Å². The molecular formula is C23H32N4O3. The second-order valence-electron chi connectivity index (χ2n) is 8.25. The van der Waals surface area contributed by atoms with Gasteiger partial charge < -0.3 is 14.6 Å². The Hall–Kier alpha value is -2.54. The van der Waals surface area contributed by atoms with E-state index in [4.69, 9.17) is 9.72 Å². The van der Waals surface area contributed by atoms with Gasteiger partial charge in [0, 0.05) is 32.8 Å². The van der Waals surface area contributed by atoms with Crippen LogP contribution in [-0.4, -0.2) is 57.8 Å². The molecule has 3 heterocycles. The number of nitrogens with zero attached hydrogens (tertiary/aromatic N) is 3. The zero-order valence-electron chi connectivity index (χ0n) is 18.2.